The number of aryl methyl sites for hydroxylation is 2. The molecule has 0 aliphatic rings. The summed E-state index contributed by atoms with van der Waals surface area (Å²) in [5.74, 6) is 0.886. The fourth-order valence-corrected chi connectivity index (χ4v) is 3.42. The van der Waals surface area contributed by atoms with Gasteiger partial charge in [-0.15, -0.1) is 35.3 Å². The minimum atomic E-state index is 0. The van der Waals surface area contributed by atoms with Crippen LogP contribution in [0.5, 0.6) is 0 Å². The smallest absolute Gasteiger partial charge is 0.191 e. The molecule has 134 valence electrons. The van der Waals surface area contributed by atoms with Crippen molar-refractivity contribution in [2.24, 2.45) is 12.0 Å². The molecule has 2 heterocycles. The molecule has 0 saturated heterocycles. The van der Waals surface area contributed by atoms with E-state index in [2.05, 4.69) is 53.6 Å². The molecule has 0 bridgehead atoms. The molecule has 0 fully saturated rings. The Bertz CT molecular complexity index is 634. The fraction of sp³-hybridized carbons (Fsp3) is 0.529. The number of nitrogens with zero attached hydrogens (tertiary/aromatic N) is 3. The van der Waals surface area contributed by atoms with Gasteiger partial charge >= 0.3 is 0 Å². The zero-order valence-corrected chi connectivity index (χ0v) is 18.0. The first-order valence-electron chi connectivity index (χ1n) is 8.14. The highest BCUT2D eigenvalue weighted by Crippen LogP contribution is 2.16. The monoisotopic (exact) mass is 461 g/mol. The molecule has 0 aromatic carbocycles. The molecule has 2 aromatic rings. The first-order valence-corrected chi connectivity index (χ1v) is 8.96. The third-order valence-electron chi connectivity index (χ3n) is 3.46. The van der Waals surface area contributed by atoms with Gasteiger partial charge in [-0.05, 0) is 44.9 Å². The van der Waals surface area contributed by atoms with Crippen molar-refractivity contribution >= 4 is 41.3 Å². The van der Waals surface area contributed by atoms with Crippen LogP contribution in [-0.2, 0) is 19.9 Å². The second kappa shape index (κ2) is 10.7. The van der Waals surface area contributed by atoms with Crippen LogP contribution in [0, 0.1) is 6.92 Å². The van der Waals surface area contributed by atoms with Crippen LogP contribution in [0.3, 0.4) is 0 Å². The zero-order valence-electron chi connectivity index (χ0n) is 14.9. The van der Waals surface area contributed by atoms with Crippen LogP contribution < -0.4 is 10.6 Å². The summed E-state index contributed by atoms with van der Waals surface area (Å²) in [7, 11) is 1.94. The van der Waals surface area contributed by atoms with E-state index in [-0.39, 0.29) is 24.0 Å². The highest BCUT2D eigenvalue weighted by Gasteiger charge is 2.07. The van der Waals surface area contributed by atoms with E-state index in [0.29, 0.717) is 6.04 Å². The van der Waals surface area contributed by atoms with Gasteiger partial charge in [-0.2, -0.15) is 5.10 Å². The van der Waals surface area contributed by atoms with E-state index in [1.807, 2.05) is 35.5 Å². The van der Waals surface area contributed by atoms with Crippen LogP contribution in [0.4, 0.5) is 0 Å². The van der Waals surface area contributed by atoms with Crippen molar-refractivity contribution in [2.45, 2.75) is 39.7 Å². The number of aromatic nitrogens is 2. The third-order valence-corrected chi connectivity index (χ3v) is 4.48. The maximum absolute atomic E-state index is 4.67. The Morgan fingerprint density at radius 1 is 1.42 bits per heavy atom. The van der Waals surface area contributed by atoms with Crippen LogP contribution in [0.25, 0.3) is 0 Å². The molecule has 1 atom stereocenters. The molecule has 0 spiro atoms. The first-order chi connectivity index (χ1) is 11.1. The zero-order chi connectivity index (χ0) is 16.7. The Labute approximate surface area is 166 Å². The van der Waals surface area contributed by atoms with E-state index in [4.69, 9.17) is 0 Å². The van der Waals surface area contributed by atoms with Gasteiger partial charge in [-0.1, -0.05) is 0 Å². The molecule has 7 heteroatoms. The Hall–Kier alpha value is -1.09. The standard InChI is InChI=1S/C17H27N5S.HI/c1-5-18-17(19-9-8-15-11-20-22(4)12-15)21-13(2)10-16-7-6-14(3)23-16;/h6-7,11-13H,5,8-10H2,1-4H3,(H2,18,19,21);1H. The maximum Gasteiger partial charge on any atom is 0.191 e. The van der Waals surface area contributed by atoms with Crippen LogP contribution in [0.15, 0.2) is 29.5 Å². The van der Waals surface area contributed by atoms with Crippen molar-refractivity contribution in [3.63, 3.8) is 0 Å². The Balaban J connectivity index is 0.00000288. The van der Waals surface area contributed by atoms with Crippen molar-refractivity contribution in [1.29, 1.82) is 0 Å². The topological polar surface area (TPSA) is 54.2 Å². The number of halogens is 1. The molecule has 0 saturated carbocycles. The molecule has 1 unspecified atom stereocenters. The molecular formula is C17H28IN5S. The van der Waals surface area contributed by atoms with Gasteiger partial charge in [-0.3, -0.25) is 9.67 Å². The lowest BCUT2D eigenvalue weighted by Gasteiger charge is -2.17. The van der Waals surface area contributed by atoms with Crippen molar-refractivity contribution in [3.05, 3.63) is 39.8 Å². The van der Waals surface area contributed by atoms with Crippen LogP contribution in [-0.4, -0.2) is 34.9 Å². The first kappa shape index (κ1) is 21.0. The van der Waals surface area contributed by atoms with Crippen LogP contribution >= 0.6 is 35.3 Å². The second-order valence-electron chi connectivity index (χ2n) is 5.79. The van der Waals surface area contributed by atoms with Crippen LogP contribution in [0.1, 0.15) is 29.2 Å². The number of rotatable bonds is 7. The lowest BCUT2D eigenvalue weighted by molar-refractivity contribution is 0.645. The van der Waals surface area contributed by atoms with E-state index in [0.717, 1.165) is 31.9 Å². The number of guanidine groups is 1. The predicted molar refractivity (Wildman–Crippen MR) is 114 cm³/mol. The number of nitrogens with one attached hydrogen (secondary N) is 2. The molecule has 2 N–H and O–H groups in total. The van der Waals surface area contributed by atoms with Gasteiger partial charge in [0.25, 0.3) is 0 Å². The van der Waals surface area contributed by atoms with Gasteiger partial charge in [0.15, 0.2) is 5.96 Å². The van der Waals surface area contributed by atoms with Gasteiger partial charge < -0.3 is 10.6 Å². The van der Waals surface area contributed by atoms with Crippen molar-refractivity contribution < 1.29 is 0 Å². The van der Waals surface area contributed by atoms with Gasteiger partial charge in [0, 0.05) is 48.6 Å². The minimum absolute atomic E-state index is 0. The predicted octanol–water partition coefficient (Wildman–Crippen LogP) is 3.14. The SMILES string of the molecule is CCNC(=NCCc1cnn(C)c1)NC(C)Cc1ccc(C)s1.I. The quantitative estimate of drug-likeness (QED) is 0.379. The summed E-state index contributed by atoms with van der Waals surface area (Å²) in [6.07, 6.45) is 5.86. The maximum atomic E-state index is 4.67. The van der Waals surface area contributed by atoms with Crippen molar-refractivity contribution in [1.82, 2.24) is 20.4 Å². The summed E-state index contributed by atoms with van der Waals surface area (Å²) in [4.78, 5) is 7.44. The summed E-state index contributed by atoms with van der Waals surface area (Å²) in [5.41, 5.74) is 1.22. The van der Waals surface area contributed by atoms with E-state index in [1.54, 1.807) is 0 Å². The minimum Gasteiger partial charge on any atom is -0.357 e. The lowest BCUT2D eigenvalue weighted by atomic mass is 10.2. The molecule has 5 nitrogen and oxygen atoms in total. The van der Waals surface area contributed by atoms with Gasteiger partial charge in [-0.25, -0.2) is 0 Å². The molecule has 2 aromatic heterocycles. The molecule has 2 rings (SSSR count). The van der Waals surface area contributed by atoms with E-state index >= 15 is 0 Å². The molecular weight excluding hydrogens is 433 g/mol. The molecule has 0 aliphatic heterocycles. The largest absolute Gasteiger partial charge is 0.357 e. The average Bonchev–Trinajstić information content (AvgIpc) is 3.08. The highest BCUT2D eigenvalue weighted by molar-refractivity contribution is 14.0. The Kier molecular flexibility index (Phi) is 9.35. The summed E-state index contributed by atoms with van der Waals surface area (Å²) in [6, 6.07) is 4.74. The van der Waals surface area contributed by atoms with E-state index < -0.39 is 0 Å². The number of hydrogen-bond donors (Lipinski definition) is 2. The third kappa shape index (κ3) is 7.21. The summed E-state index contributed by atoms with van der Waals surface area (Å²) < 4.78 is 1.83. The molecule has 0 amide bonds. The number of aliphatic imine (C=N–C) groups is 1. The fourth-order valence-electron chi connectivity index (χ4n) is 2.40. The lowest BCUT2D eigenvalue weighted by Crippen LogP contribution is -2.43. The van der Waals surface area contributed by atoms with Crippen molar-refractivity contribution in [3.8, 4) is 0 Å². The normalized spacial score (nSPS) is 12.6. The number of thiophene rings is 1. The van der Waals surface area contributed by atoms with E-state index in [1.165, 1.54) is 15.3 Å². The highest BCUT2D eigenvalue weighted by atomic mass is 127. The van der Waals surface area contributed by atoms with E-state index in [9.17, 15) is 0 Å². The molecule has 0 aliphatic carbocycles. The van der Waals surface area contributed by atoms with Crippen molar-refractivity contribution in [2.75, 3.05) is 13.1 Å². The number of hydrogen-bond acceptors (Lipinski definition) is 3. The van der Waals surface area contributed by atoms with Gasteiger partial charge in [0.2, 0.25) is 0 Å². The molecule has 24 heavy (non-hydrogen) atoms. The van der Waals surface area contributed by atoms with Gasteiger partial charge in [0.05, 0.1) is 6.20 Å². The van der Waals surface area contributed by atoms with Gasteiger partial charge in [0.1, 0.15) is 0 Å². The summed E-state index contributed by atoms with van der Waals surface area (Å²) in [5, 5.41) is 11.0. The average molecular weight is 461 g/mol. The summed E-state index contributed by atoms with van der Waals surface area (Å²) >= 11 is 1.86. The summed E-state index contributed by atoms with van der Waals surface area (Å²) in [6.45, 7) is 8.06. The van der Waals surface area contributed by atoms with Crippen LogP contribution in [0.2, 0.25) is 0 Å². The second-order valence-corrected chi connectivity index (χ2v) is 7.17. The Morgan fingerprint density at radius 3 is 2.79 bits per heavy atom. The molecule has 0 radical (unpaired) electrons. The Morgan fingerprint density at radius 2 is 2.21 bits per heavy atom.